The number of imide groups is 1. The van der Waals surface area contributed by atoms with Gasteiger partial charge in [0.15, 0.2) is 4.34 Å². The average Bonchev–Trinajstić information content (AvgIpc) is 3.47. The molecule has 3 amide bonds. The van der Waals surface area contributed by atoms with Gasteiger partial charge in [-0.1, -0.05) is 50.1 Å². The summed E-state index contributed by atoms with van der Waals surface area (Å²) in [4.78, 5) is 48.7. The van der Waals surface area contributed by atoms with Crippen molar-refractivity contribution in [1.82, 2.24) is 9.88 Å². The molecule has 2 heterocycles. The van der Waals surface area contributed by atoms with E-state index in [4.69, 9.17) is 9.72 Å². The molecular formula is C28H31N3O4S2. The van der Waals surface area contributed by atoms with Crippen LogP contribution in [0.2, 0.25) is 0 Å². The summed E-state index contributed by atoms with van der Waals surface area (Å²) in [6.07, 6.45) is 5.50. The average molecular weight is 538 g/mol. The van der Waals surface area contributed by atoms with Crippen LogP contribution in [0, 0.1) is 0 Å². The monoisotopic (exact) mass is 537 g/mol. The summed E-state index contributed by atoms with van der Waals surface area (Å²) in [7, 11) is 1.57. The summed E-state index contributed by atoms with van der Waals surface area (Å²) < 4.78 is 7.15. The van der Waals surface area contributed by atoms with Gasteiger partial charge in [-0.2, -0.15) is 0 Å². The van der Waals surface area contributed by atoms with E-state index in [1.165, 1.54) is 16.7 Å². The molecule has 194 valence electrons. The molecule has 0 N–H and O–H groups in total. The normalized spacial score (nSPS) is 19.4. The molecule has 7 nitrogen and oxygen atoms in total. The van der Waals surface area contributed by atoms with Crippen molar-refractivity contribution in [3.05, 3.63) is 48.5 Å². The quantitative estimate of drug-likeness (QED) is 0.272. The Balaban J connectivity index is 1.42. The van der Waals surface area contributed by atoms with Gasteiger partial charge < -0.3 is 9.64 Å². The number of nitrogens with zero attached hydrogens (tertiary/aromatic N) is 3. The number of ether oxygens (including phenoxy) is 1. The number of para-hydroxylation sites is 1. The number of amides is 3. The first kappa shape index (κ1) is 25.7. The highest BCUT2D eigenvalue weighted by Gasteiger charge is 2.47. The molecule has 5 rings (SSSR count). The van der Waals surface area contributed by atoms with E-state index in [1.807, 2.05) is 31.2 Å². The topological polar surface area (TPSA) is 79.8 Å². The molecule has 1 aliphatic carbocycles. The zero-order chi connectivity index (χ0) is 25.9. The number of aromatic nitrogens is 1. The minimum Gasteiger partial charge on any atom is -0.497 e. The summed E-state index contributed by atoms with van der Waals surface area (Å²) >= 11 is 3.05. The Morgan fingerprint density at radius 1 is 1.14 bits per heavy atom. The van der Waals surface area contributed by atoms with Crippen molar-refractivity contribution in [2.45, 2.75) is 73.5 Å². The van der Waals surface area contributed by atoms with Gasteiger partial charge in [0, 0.05) is 6.04 Å². The number of thioether (sulfide) groups is 1. The van der Waals surface area contributed by atoms with Gasteiger partial charge in [-0.25, -0.2) is 9.88 Å². The number of hydrogen-bond donors (Lipinski definition) is 0. The highest BCUT2D eigenvalue weighted by molar-refractivity contribution is 8.02. The summed E-state index contributed by atoms with van der Waals surface area (Å²) in [5.41, 5.74) is 1.43. The Bertz CT molecular complexity index is 1250. The zero-order valence-corrected chi connectivity index (χ0v) is 22.7. The van der Waals surface area contributed by atoms with Gasteiger partial charge in [0.2, 0.25) is 11.8 Å². The van der Waals surface area contributed by atoms with Crippen LogP contribution in [-0.2, 0) is 14.4 Å². The van der Waals surface area contributed by atoms with Crippen LogP contribution in [0.5, 0.6) is 5.75 Å². The summed E-state index contributed by atoms with van der Waals surface area (Å²) in [6.45, 7) is 1.99. The van der Waals surface area contributed by atoms with Crippen molar-refractivity contribution >= 4 is 56.7 Å². The molecule has 0 radical (unpaired) electrons. The third-order valence-electron chi connectivity index (χ3n) is 7.18. The largest absolute Gasteiger partial charge is 0.497 e. The lowest BCUT2D eigenvalue weighted by molar-refractivity contribution is -0.141. The SMILES string of the molecule is CCC(Sc1nc2ccccc2s1)C(=O)N(C1CCCCC1)C1CC(=O)N(c2ccc(OC)cc2)C1=O. The van der Waals surface area contributed by atoms with Crippen molar-refractivity contribution in [2.75, 3.05) is 12.0 Å². The molecule has 0 spiro atoms. The first-order chi connectivity index (χ1) is 18.0. The third kappa shape index (κ3) is 5.25. The van der Waals surface area contributed by atoms with Crippen LogP contribution in [0.3, 0.4) is 0 Å². The lowest BCUT2D eigenvalue weighted by Crippen LogP contribution is -2.53. The van der Waals surface area contributed by atoms with Gasteiger partial charge in [0.05, 0.1) is 34.7 Å². The molecule has 2 fully saturated rings. The maximum Gasteiger partial charge on any atom is 0.257 e. The Kier molecular flexibility index (Phi) is 7.81. The van der Waals surface area contributed by atoms with E-state index in [0.29, 0.717) is 17.9 Å². The molecular weight excluding hydrogens is 506 g/mol. The number of carbonyl (C=O) groups is 3. The molecule has 1 aliphatic heterocycles. The number of fused-ring (bicyclic) bond motifs is 1. The molecule has 0 bridgehead atoms. The van der Waals surface area contributed by atoms with Gasteiger partial charge in [-0.15, -0.1) is 11.3 Å². The van der Waals surface area contributed by atoms with Gasteiger partial charge in [-0.05, 0) is 55.7 Å². The second kappa shape index (κ2) is 11.2. The van der Waals surface area contributed by atoms with Crippen LogP contribution in [0.4, 0.5) is 5.69 Å². The van der Waals surface area contributed by atoms with E-state index in [9.17, 15) is 14.4 Å². The van der Waals surface area contributed by atoms with E-state index in [0.717, 1.165) is 46.7 Å². The minimum atomic E-state index is -0.782. The van der Waals surface area contributed by atoms with Crippen molar-refractivity contribution in [3.8, 4) is 5.75 Å². The predicted octanol–water partition coefficient (Wildman–Crippen LogP) is 5.67. The smallest absolute Gasteiger partial charge is 0.257 e. The van der Waals surface area contributed by atoms with Crippen LogP contribution in [-0.4, -0.2) is 52.0 Å². The van der Waals surface area contributed by atoms with Crippen molar-refractivity contribution in [1.29, 1.82) is 0 Å². The van der Waals surface area contributed by atoms with E-state index in [2.05, 4.69) is 0 Å². The van der Waals surface area contributed by atoms with E-state index in [-0.39, 0.29) is 35.4 Å². The zero-order valence-electron chi connectivity index (χ0n) is 21.1. The Labute approximate surface area is 225 Å². The molecule has 2 atom stereocenters. The van der Waals surface area contributed by atoms with E-state index < -0.39 is 6.04 Å². The lowest BCUT2D eigenvalue weighted by Gasteiger charge is -2.39. The molecule has 2 aliphatic rings. The fourth-order valence-corrected chi connectivity index (χ4v) is 7.57. The maximum atomic E-state index is 14.1. The van der Waals surface area contributed by atoms with Gasteiger partial charge >= 0.3 is 0 Å². The summed E-state index contributed by atoms with van der Waals surface area (Å²) in [5.74, 6) is -0.0213. The minimum absolute atomic E-state index is 0.00927. The first-order valence-corrected chi connectivity index (χ1v) is 14.5. The lowest BCUT2D eigenvalue weighted by atomic mass is 9.92. The van der Waals surface area contributed by atoms with E-state index in [1.54, 1.807) is 47.6 Å². The fraction of sp³-hybridized carbons (Fsp3) is 0.429. The molecule has 1 saturated heterocycles. The molecule has 9 heteroatoms. The third-order valence-corrected chi connectivity index (χ3v) is 9.66. The maximum absolute atomic E-state index is 14.1. The number of anilines is 1. The standard InChI is InChI=1S/C28H31N3O4S2/c1-3-23(36-28-29-21-11-7-8-12-24(21)37-28)27(34)30(18-9-5-4-6-10-18)22-17-25(32)31(26(22)33)19-13-15-20(35-2)16-14-19/h7-8,11-16,18,22-23H,3-6,9-10,17H2,1-2H3. The van der Waals surface area contributed by atoms with E-state index >= 15 is 0 Å². The second-order valence-corrected chi connectivity index (χ2v) is 12.0. The number of hydrogen-bond acceptors (Lipinski definition) is 7. The predicted molar refractivity (Wildman–Crippen MR) is 147 cm³/mol. The number of rotatable bonds is 8. The van der Waals surface area contributed by atoms with Gasteiger partial charge in [0.25, 0.3) is 5.91 Å². The van der Waals surface area contributed by atoms with Crippen molar-refractivity contribution in [2.24, 2.45) is 0 Å². The highest BCUT2D eigenvalue weighted by Crippen LogP contribution is 2.37. The van der Waals surface area contributed by atoms with Crippen molar-refractivity contribution in [3.63, 3.8) is 0 Å². The van der Waals surface area contributed by atoms with Crippen LogP contribution in [0.15, 0.2) is 52.9 Å². The van der Waals surface area contributed by atoms with Gasteiger partial charge in [-0.3, -0.25) is 14.4 Å². The van der Waals surface area contributed by atoms with Crippen molar-refractivity contribution < 1.29 is 19.1 Å². The Morgan fingerprint density at radius 2 is 1.86 bits per heavy atom. The Hall–Kier alpha value is -2.91. The van der Waals surface area contributed by atoms with Crippen LogP contribution >= 0.6 is 23.1 Å². The van der Waals surface area contributed by atoms with Crippen LogP contribution < -0.4 is 9.64 Å². The Morgan fingerprint density at radius 3 is 2.54 bits per heavy atom. The fourth-order valence-electron chi connectivity index (χ4n) is 5.28. The highest BCUT2D eigenvalue weighted by atomic mass is 32.2. The number of benzene rings is 2. The molecule has 3 aromatic rings. The molecule has 2 aromatic carbocycles. The number of carbonyl (C=O) groups excluding carboxylic acids is 3. The van der Waals surface area contributed by atoms with Gasteiger partial charge in [0.1, 0.15) is 11.8 Å². The summed E-state index contributed by atoms with van der Waals surface area (Å²) in [6, 6.07) is 14.0. The second-order valence-electron chi connectivity index (χ2n) is 9.48. The van der Waals surface area contributed by atoms with Crippen LogP contribution in [0.1, 0.15) is 51.9 Å². The van der Waals surface area contributed by atoms with Crippen LogP contribution in [0.25, 0.3) is 10.2 Å². The molecule has 2 unspecified atom stereocenters. The number of thiazole rings is 1. The summed E-state index contributed by atoms with van der Waals surface area (Å²) in [5, 5.41) is -0.375. The molecule has 37 heavy (non-hydrogen) atoms. The first-order valence-electron chi connectivity index (χ1n) is 12.9. The number of methoxy groups -OCH3 is 1. The molecule has 1 aromatic heterocycles. The molecule has 1 saturated carbocycles.